The summed E-state index contributed by atoms with van der Waals surface area (Å²) in [6, 6.07) is 8.86. The van der Waals surface area contributed by atoms with Gasteiger partial charge < -0.3 is 20.1 Å². The van der Waals surface area contributed by atoms with Crippen LogP contribution < -0.4 is 20.1 Å². The third kappa shape index (κ3) is 3.87. The number of benzene rings is 2. The van der Waals surface area contributed by atoms with Gasteiger partial charge in [-0.3, -0.25) is 4.98 Å². The molecule has 1 aliphatic rings. The molecule has 1 aliphatic heterocycles. The summed E-state index contributed by atoms with van der Waals surface area (Å²) in [4.78, 5) is 4.40. The molecule has 1 fully saturated rings. The first-order chi connectivity index (χ1) is 14.5. The monoisotopic (exact) mass is 417 g/mol. The molecule has 1 aromatic heterocycles. The van der Waals surface area contributed by atoms with Gasteiger partial charge in [0, 0.05) is 42.0 Å². The first kappa shape index (κ1) is 20.3. The van der Waals surface area contributed by atoms with Gasteiger partial charge in [0.25, 0.3) is 6.43 Å². The number of anilines is 1. The Balaban J connectivity index is 1.66. The largest absolute Gasteiger partial charge is 0.493 e. The van der Waals surface area contributed by atoms with Gasteiger partial charge in [0.2, 0.25) is 0 Å². The van der Waals surface area contributed by atoms with Gasteiger partial charge in [-0.1, -0.05) is 18.2 Å². The first-order valence-corrected chi connectivity index (χ1v) is 9.65. The third-order valence-corrected chi connectivity index (χ3v) is 5.20. The second-order valence-electron chi connectivity index (χ2n) is 7.19. The molecule has 8 heteroatoms. The lowest BCUT2D eigenvalue weighted by Gasteiger charge is -2.28. The predicted octanol–water partition coefficient (Wildman–Crippen LogP) is 4.84. The highest BCUT2D eigenvalue weighted by molar-refractivity contribution is 5.93. The molecule has 30 heavy (non-hydrogen) atoms. The van der Waals surface area contributed by atoms with Crippen LogP contribution in [0.1, 0.15) is 30.5 Å². The topological polar surface area (TPSA) is 55.4 Å². The number of alkyl halides is 2. The zero-order valence-electron chi connectivity index (χ0n) is 16.6. The Morgan fingerprint density at radius 3 is 2.57 bits per heavy atom. The Bertz CT molecular complexity index is 1060. The molecule has 2 aromatic carbocycles. The second kappa shape index (κ2) is 8.39. The molecule has 2 N–H and O–H groups in total. The maximum absolute atomic E-state index is 14.5. The fourth-order valence-electron chi connectivity index (χ4n) is 3.44. The molecule has 0 amide bonds. The highest BCUT2D eigenvalue weighted by Gasteiger charge is 2.22. The van der Waals surface area contributed by atoms with Crippen molar-refractivity contribution in [3.63, 3.8) is 0 Å². The van der Waals surface area contributed by atoms with Crippen LogP contribution in [0.15, 0.2) is 42.6 Å². The first-order valence-electron chi connectivity index (χ1n) is 9.65. The molecule has 0 unspecified atom stereocenters. The Morgan fingerprint density at radius 1 is 1.13 bits per heavy atom. The Kier molecular flexibility index (Phi) is 5.67. The molecule has 0 saturated carbocycles. The minimum absolute atomic E-state index is 0.0859. The van der Waals surface area contributed by atoms with Crippen molar-refractivity contribution in [3.8, 4) is 11.5 Å². The van der Waals surface area contributed by atoms with Gasteiger partial charge in [-0.2, -0.15) is 0 Å². The normalized spacial score (nSPS) is 15.1. The summed E-state index contributed by atoms with van der Waals surface area (Å²) in [6.45, 7) is 3.27. The summed E-state index contributed by atoms with van der Waals surface area (Å²) in [5.41, 5.74) is 0.929. The van der Waals surface area contributed by atoms with Crippen LogP contribution in [-0.2, 0) is 0 Å². The Labute approximate surface area is 172 Å². The van der Waals surface area contributed by atoms with E-state index >= 15 is 0 Å². The minimum atomic E-state index is -2.87. The lowest BCUT2D eigenvalue weighted by atomic mass is 10.0. The van der Waals surface area contributed by atoms with Crippen LogP contribution in [0.2, 0.25) is 0 Å². The molecule has 5 nitrogen and oxygen atoms in total. The molecule has 2 heterocycles. The van der Waals surface area contributed by atoms with E-state index < -0.39 is 23.8 Å². The van der Waals surface area contributed by atoms with E-state index in [0.717, 1.165) is 24.5 Å². The van der Waals surface area contributed by atoms with Gasteiger partial charge in [0.15, 0.2) is 11.5 Å². The molecule has 1 atom stereocenters. The number of hydrogen-bond donors (Lipinski definition) is 2. The van der Waals surface area contributed by atoms with Crippen LogP contribution in [0, 0.1) is 5.82 Å². The van der Waals surface area contributed by atoms with E-state index in [4.69, 9.17) is 9.47 Å². The van der Waals surface area contributed by atoms with Crippen molar-refractivity contribution in [2.75, 3.05) is 25.5 Å². The zero-order valence-corrected chi connectivity index (χ0v) is 16.6. The minimum Gasteiger partial charge on any atom is -0.493 e. The molecule has 0 bridgehead atoms. The number of fused-ring (bicyclic) bond motifs is 1. The van der Waals surface area contributed by atoms with Crippen LogP contribution in [0.5, 0.6) is 11.5 Å². The third-order valence-electron chi connectivity index (χ3n) is 5.20. The van der Waals surface area contributed by atoms with Crippen LogP contribution in [0.4, 0.5) is 18.9 Å². The highest BCUT2D eigenvalue weighted by atomic mass is 19.3. The molecule has 1 saturated heterocycles. The van der Waals surface area contributed by atoms with Crippen molar-refractivity contribution >= 4 is 16.6 Å². The summed E-state index contributed by atoms with van der Waals surface area (Å²) in [5.74, 6) is 0.266. The maximum Gasteiger partial charge on any atom is 0.266 e. The van der Waals surface area contributed by atoms with Gasteiger partial charge in [0.1, 0.15) is 11.9 Å². The molecule has 158 valence electrons. The highest BCUT2D eigenvalue weighted by Crippen LogP contribution is 2.37. The van der Waals surface area contributed by atoms with E-state index in [0.29, 0.717) is 22.7 Å². The van der Waals surface area contributed by atoms with Crippen LogP contribution in [0.25, 0.3) is 10.9 Å². The van der Waals surface area contributed by atoms with Gasteiger partial charge in [-0.15, -0.1) is 0 Å². The van der Waals surface area contributed by atoms with Crippen molar-refractivity contribution < 1.29 is 22.6 Å². The number of pyridine rings is 1. The molecule has 0 radical (unpaired) electrons. The number of methoxy groups -OCH3 is 1. The van der Waals surface area contributed by atoms with E-state index in [1.165, 1.54) is 12.1 Å². The maximum atomic E-state index is 14.5. The van der Waals surface area contributed by atoms with E-state index in [2.05, 4.69) is 15.6 Å². The fraction of sp³-hybridized carbons (Fsp3) is 0.318. The van der Waals surface area contributed by atoms with E-state index in [-0.39, 0.29) is 11.7 Å². The average molecular weight is 417 g/mol. The predicted molar refractivity (Wildman–Crippen MR) is 109 cm³/mol. The number of nitrogens with one attached hydrogen (secondary N) is 2. The van der Waals surface area contributed by atoms with Crippen molar-refractivity contribution in [2.45, 2.75) is 25.5 Å². The van der Waals surface area contributed by atoms with E-state index in [9.17, 15) is 13.2 Å². The summed E-state index contributed by atoms with van der Waals surface area (Å²) in [5, 5.41) is 7.11. The molecular formula is C22H22F3N3O2. The van der Waals surface area contributed by atoms with Gasteiger partial charge in [0.05, 0.1) is 24.2 Å². The number of rotatable bonds is 7. The van der Waals surface area contributed by atoms with E-state index in [1.54, 1.807) is 32.4 Å². The number of aromatic nitrogens is 1. The smallest absolute Gasteiger partial charge is 0.266 e. The lowest BCUT2D eigenvalue weighted by molar-refractivity contribution is 0.137. The summed E-state index contributed by atoms with van der Waals surface area (Å²) >= 11 is 0. The van der Waals surface area contributed by atoms with Crippen molar-refractivity contribution in [2.24, 2.45) is 0 Å². The second-order valence-corrected chi connectivity index (χ2v) is 7.19. The van der Waals surface area contributed by atoms with Crippen molar-refractivity contribution in [3.05, 3.63) is 59.5 Å². The number of hydrogen-bond acceptors (Lipinski definition) is 5. The standard InChI is InChI=1S/C22H22F3N3O2/c1-12(14-4-3-5-15(21(14)23)22(24)25)28-17-6-7-27-18-9-20(30-13-10-26-11-13)19(29-2)8-16(17)18/h3-9,12-13,22,26H,10-11H2,1-2H3,(H,27,28)/t12-/m1/s1. The molecule has 3 aromatic rings. The SMILES string of the molecule is COc1cc2c(N[C@H](C)c3cccc(C(F)F)c3F)ccnc2cc1OC1CNC1. The van der Waals surface area contributed by atoms with Crippen LogP contribution in [0.3, 0.4) is 0 Å². The van der Waals surface area contributed by atoms with Gasteiger partial charge in [-0.05, 0) is 19.1 Å². The fourth-order valence-corrected chi connectivity index (χ4v) is 3.44. The number of ether oxygens (including phenoxy) is 2. The molecule has 0 aliphatic carbocycles. The number of halogens is 3. The zero-order chi connectivity index (χ0) is 21.3. The molecule has 0 spiro atoms. The van der Waals surface area contributed by atoms with Gasteiger partial charge in [-0.25, -0.2) is 13.2 Å². The lowest BCUT2D eigenvalue weighted by Crippen LogP contribution is -2.50. The van der Waals surface area contributed by atoms with Crippen LogP contribution in [-0.4, -0.2) is 31.3 Å². The average Bonchev–Trinajstić information content (AvgIpc) is 2.70. The summed E-state index contributed by atoms with van der Waals surface area (Å²) in [6.07, 6.45) is -1.15. The van der Waals surface area contributed by atoms with Crippen LogP contribution >= 0.6 is 0 Å². The van der Waals surface area contributed by atoms with Gasteiger partial charge >= 0.3 is 0 Å². The van der Waals surface area contributed by atoms with E-state index in [1.807, 2.05) is 6.07 Å². The Morgan fingerprint density at radius 2 is 1.90 bits per heavy atom. The Hall–Kier alpha value is -3.00. The van der Waals surface area contributed by atoms with Crippen molar-refractivity contribution in [1.82, 2.24) is 10.3 Å². The summed E-state index contributed by atoms with van der Waals surface area (Å²) < 4.78 is 52.1. The summed E-state index contributed by atoms with van der Waals surface area (Å²) in [7, 11) is 1.56. The molecule has 4 rings (SSSR count). The number of nitrogens with zero attached hydrogens (tertiary/aromatic N) is 1. The quantitative estimate of drug-likeness (QED) is 0.576. The molecular weight excluding hydrogens is 395 g/mol. The van der Waals surface area contributed by atoms with Crippen molar-refractivity contribution in [1.29, 1.82) is 0 Å².